The lowest BCUT2D eigenvalue weighted by Gasteiger charge is -2.21. The van der Waals surface area contributed by atoms with Crippen LogP contribution < -0.4 is 5.32 Å². The van der Waals surface area contributed by atoms with Crippen LogP contribution in [0.2, 0.25) is 0 Å². The lowest BCUT2D eigenvalue weighted by molar-refractivity contribution is -0.124. The van der Waals surface area contributed by atoms with Crippen LogP contribution >= 0.6 is 15.9 Å². The van der Waals surface area contributed by atoms with Gasteiger partial charge in [-0.3, -0.25) is 4.79 Å². The first-order valence-corrected chi connectivity index (χ1v) is 6.67. The van der Waals surface area contributed by atoms with E-state index in [1.165, 1.54) is 0 Å². The average molecular weight is 297 g/mol. The molecule has 5 heteroatoms. The van der Waals surface area contributed by atoms with E-state index in [-0.39, 0.29) is 11.3 Å². The fourth-order valence-electron chi connectivity index (χ4n) is 1.25. The number of anilines is 1. The third-order valence-corrected chi connectivity index (χ3v) is 3.72. The van der Waals surface area contributed by atoms with Crippen LogP contribution in [0, 0.1) is 5.41 Å². The molecule has 0 saturated heterocycles. The van der Waals surface area contributed by atoms with Gasteiger partial charge >= 0.3 is 0 Å². The van der Waals surface area contributed by atoms with Crippen molar-refractivity contribution in [2.24, 2.45) is 5.41 Å². The van der Waals surface area contributed by atoms with Gasteiger partial charge in [-0.25, -0.2) is 4.98 Å². The molecule has 0 bridgehead atoms. The topological polar surface area (TPSA) is 42.0 Å². The molecule has 92 valence electrons. The monoisotopic (exact) mass is 296 g/mol. The van der Waals surface area contributed by atoms with Crippen LogP contribution in [-0.4, -0.2) is 18.7 Å². The third kappa shape index (κ3) is 3.56. The van der Waals surface area contributed by atoms with Gasteiger partial charge in [0.1, 0.15) is 13.7 Å². The van der Waals surface area contributed by atoms with Crippen molar-refractivity contribution >= 4 is 35.5 Å². The SMILES string of the molecule is BCc1nc(NC(=O)C(C)(C)CC)ccc1Br. The second kappa shape index (κ2) is 5.67. The van der Waals surface area contributed by atoms with Crippen LogP contribution in [0.5, 0.6) is 0 Å². The Bertz CT molecular complexity index is 421. The quantitative estimate of drug-likeness (QED) is 0.867. The minimum absolute atomic E-state index is 0.0110. The molecule has 0 aliphatic carbocycles. The van der Waals surface area contributed by atoms with Crippen molar-refractivity contribution in [2.75, 3.05) is 5.32 Å². The fraction of sp³-hybridized carbons (Fsp3) is 0.500. The second-order valence-corrected chi connectivity index (χ2v) is 5.52. The maximum atomic E-state index is 12.0. The van der Waals surface area contributed by atoms with Crippen LogP contribution in [0.15, 0.2) is 16.6 Å². The van der Waals surface area contributed by atoms with Crippen LogP contribution in [-0.2, 0) is 11.1 Å². The zero-order chi connectivity index (χ0) is 13.1. The number of amides is 1. The Kier molecular flexibility index (Phi) is 4.75. The van der Waals surface area contributed by atoms with Gasteiger partial charge < -0.3 is 5.32 Å². The van der Waals surface area contributed by atoms with Gasteiger partial charge in [0, 0.05) is 15.6 Å². The zero-order valence-electron chi connectivity index (χ0n) is 10.8. The van der Waals surface area contributed by atoms with E-state index in [4.69, 9.17) is 0 Å². The molecule has 0 atom stereocenters. The minimum atomic E-state index is -0.360. The fourth-order valence-corrected chi connectivity index (χ4v) is 1.75. The van der Waals surface area contributed by atoms with Crippen molar-refractivity contribution in [1.29, 1.82) is 0 Å². The molecule has 0 saturated carbocycles. The molecular formula is C12H18BBrN2O. The Balaban J connectivity index is 2.86. The number of nitrogens with one attached hydrogen (secondary N) is 1. The summed E-state index contributed by atoms with van der Waals surface area (Å²) in [6.07, 6.45) is 1.64. The normalized spacial score (nSPS) is 11.3. The molecule has 1 amide bonds. The molecule has 3 nitrogen and oxygen atoms in total. The van der Waals surface area contributed by atoms with Gasteiger partial charge in [-0.1, -0.05) is 20.8 Å². The van der Waals surface area contributed by atoms with Crippen molar-refractivity contribution in [3.05, 3.63) is 22.3 Å². The highest BCUT2D eigenvalue weighted by Crippen LogP contribution is 2.23. The predicted molar refractivity (Wildman–Crippen MR) is 76.9 cm³/mol. The molecule has 1 heterocycles. The number of hydrogen-bond acceptors (Lipinski definition) is 2. The predicted octanol–water partition coefficient (Wildman–Crippen LogP) is 2.35. The van der Waals surface area contributed by atoms with Crippen molar-refractivity contribution < 1.29 is 4.79 Å². The largest absolute Gasteiger partial charge is 0.310 e. The van der Waals surface area contributed by atoms with E-state index in [0.717, 1.165) is 22.9 Å². The standard InChI is InChI=1S/C12H18BBrN2O/c1-4-12(2,3)11(17)16-10-6-5-8(14)9(7-13)15-10/h5-6H,4,7,13H2,1-3H3,(H,15,16,17). The van der Waals surface area contributed by atoms with Crippen molar-refractivity contribution in [2.45, 2.75) is 33.5 Å². The highest BCUT2D eigenvalue weighted by Gasteiger charge is 2.25. The average Bonchev–Trinajstić information content (AvgIpc) is 2.31. The van der Waals surface area contributed by atoms with Gasteiger partial charge in [-0.05, 0) is 40.8 Å². The van der Waals surface area contributed by atoms with Crippen LogP contribution in [0.1, 0.15) is 32.9 Å². The maximum absolute atomic E-state index is 12.0. The maximum Gasteiger partial charge on any atom is 0.231 e. The molecule has 1 N–H and O–H groups in total. The number of rotatable bonds is 4. The number of pyridine rings is 1. The van der Waals surface area contributed by atoms with Crippen molar-refractivity contribution in [1.82, 2.24) is 4.98 Å². The first-order valence-electron chi connectivity index (χ1n) is 5.87. The molecule has 17 heavy (non-hydrogen) atoms. The summed E-state index contributed by atoms with van der Waals surface area (Å²) in [5.74, 6) is 0.633. The molecular weight excluding hydrogens is 279 g/mol. The number of carbonyl (C=O) groups is 1. The summed E-state index contributed by atoms with van der Waals surface area (Å²) in [4.78, 5) is 16.4. The molecule has 0 fully saturated rings. The van der Waals surface area contributed by atoms with E-state index in [0.29, 0.717) is 5.82 Å². The summed E-state index contributed by atoms with van der Waals surface area (Å²) in [5.41, 5.74) is 0.596. The van der Waals surface area contributed by atoms with E-state index < -0.39 is 0 Å². The second-order valence-electron chi connectivity index (χ2n) is 4.67. The van der Waals surface area contributed by atoms with E-state index in [1.54, 1.807) is 0 Å². The number of nitrogens with zero attached hydrogens (tertiary/aromatic N) is 1. The number of halogens is 1. The van der Waals surface area contributed by atoms with Gasteiger partial charge in [-0.2, -0.15) is 0 Å². The van der Waals surface area contributed by atoms with Crippen LogP contribution in [0.3, 0.4) is 0 Å². The van der Waals surface area contributed by atoms with E-state index >= 15 is 0 Å². The Morgan fingerprint density at radius 2 is 2.18 bits per heavy atom. The van der Waals surface area contributed by atoms with Crippen molar-refractivity contribution in [3.63, 3.8) is 0 Å². The smallest absolute Gasteiger partial charge is 0.231 e. The first kappa shape index (κ1) is 14.2. The minimum Gasteiger partial charge on any atom is -0.310 e. The van der Waals surface area contributed by atoms with Gasteiger partial charge in [0.25, 0.3) is 0 Å². The molecule has 1 aromatic rings. The Labute approximate surface area is 112 Å². The summed E-state index contributed by atoms with van der Waals surface area (Å²) < 4.78 is 0.979. The Morgan fingerprint density at radius 3 is 2.71 bits per heavy atom. The summed E-state index contributed by atoms with van der Waals surface area (Å²) in [7, 11) is 2.04. The highest BCUT2D eigenvalue weighted by atomic mass is 79.9. The number of aromatic nitrogens is 1. The van der Waals surface area contributed by atoms with Gasteiger partial charge in [-0.15, -0.1) is 0 Å². The number of carbonyl (C=O) groups excluding carboxylic acids is 1. The third-order valence-electron chi connectivity index (χ3n) is 2.99. The molecule has 1 rings (SSSR count). The van der Waals surface area contributed by atoms with E-state index in [1.807, 2.05) is 40.8 Å². The Morgan fingerprint density at radius 1 is 1.53 bits per heavy atom. The van der Waals surface area contributed by atoms with E-state index in [2.05, 4.69) is 26.2 Å². The highest BCUT2D eigenvalue weighted by molar-refractivity contribution is 9.10. The molecule has 0 aliphatic rings. The lowest BCUT2D eigenvalue weighted by atomic mass is 9.89. The molecule has 0 unspecified atom stereocenters. The molecule has 1 aromatic heterocycles. The van der Waals surface area contributed by atoms with Gasteiger partial charge in [0.2, 0.25) is 5.91 Å². The summed E-state index contributed by atoms with van der Waals surface area (Å²) >= 11 is 3.43. The number of hydrogen-bond donors (Lipinski definition) is 1. The van der Waals surface area contributed by atoms with Crippen LogP contribution in [0.25, 0.3) is 0 Å². The van der Waals surface area contributed by atoms with Crippen LogP contribution in [0.4, 0.5) is 5.82 Å². The molecule has 0 radical (unpaired) electrons. The lowest BCUT2D eigenvalue weighted by Crippen LogP contribution is -2.30. The zero-order valence-corrected chi connectivity index (χ0v) is 12.4. The van der Waals surface area contributed by atoms with Gasteiger partial charge in [0.15, 0.2) is 0 Å². The molecule has 0 aromatic carbocycles. The summed E-state index contributed by atoms with van der Waals surface area (Å²) in [6, 6.07) is 3.73. The van der Waals surface area contributed by atoms with Crippen molar-refractivity contribution in [3.8, 4) is 0 Å². The van der Waals surface area contributed by atoms with E-state index in [9.17, 15) is 4.79 Å². The molecule has 0 aliphatic heterocycles. The van der Waals surface area contributed by atoms with Gasteiger partial charge in [0.05, 0.1) is 0 Å². The molecule has 0 spiro atoms. The summed E-state index contributed by atoms with van der Waals surface area (Å²) in [6.45, 7) is 5.87. The first-order chi connectivity index (χ1) is 7.90. The summed E-state index contributed by atoms with van der Waals surface area (Å²) in [5, 5.41) is 2.86. The Hall–Kier alpha value is -0.835.